The topological polar surface area (TPSA) is 51.1 Å². The fraction of sp³-hybridized carbons (Fsp3) is 0.467. The zero-order valence-corrected chi connectivity index (χ0v) is 12.3. The maximum absolute atomic E-state index is 12.2. The van der Waals surface area contributed by atoms with Gasteiger partial charge in [-0.3, -0.25) is 9.59 Å². The summed E-state index contributed by atoms with van der Waals surface area (Å²) >= 11 is 1.21. The first-order chi connectivity index (χ1) is 9.65. The normalized spacial score (nSPS) is 16.4. The summed E-state index contributed by atoms with van der Waals surface area (Å²) in [6, 6.07) is 5.65. The lowest BCUT2D eigenvalue weighted by Gasteiger charge is -2.20. The molecule has 1 aromatic heterocycles. The maximum Gasteiger partial charge on any atom is 0.307 e. The van der Waals surface area contributed by atoms with Gasteiger partial charge in [-0.2, -0.15) is 0 Å². The average molecular weight is 290 g/mol. The van der Waals surface area contributed by atoms with E-state index in [9.17, 15) is 9.59 Å². The third-order valence-electron chi connectivity index (χ3n) is 4.04. The van der Waals surface area contributed by atoms with Gasteiger partial charge in [-0.05, 0) is 31.0 Å². The molecular weight excluding hydrogens is 272 g/mol. The third-order valence-corrected chi connectivity index (χ3v) is 5.03. The zero-order chi connectivity index (χ0) is 14.1. The number of aryl methyl sites for hydroxylation is 1. The number of hydrogen-bond acceptors (Lipinski definition) is 3. The maximum atomic E-state index is 12.2. The van der Waals surface area contributed by atoms with Gasteiger partial charge >= 0.3 is 4.87 Å². The molecule has 1 aromatic carbocycles. The number of fused-ring (bicyclic) bond motifs is 1. The van der Waals surface area contributed by atoms with E-state index in [0.29, 0.717) is 0 Å². The van der Waals surface area contributed by atoms with E-state index >= 15 is 0 Å². The molecule has 0 bridgehead atoms. The summed E-state index contributed by atoms with van der Waals surface area (Å²) in [5.41, 5.74) is 1.70. The molecule has 1 heterocycles. The fourth-order valence-corrected chi connectivity index (χ4v) is 3.74. The number of benzene rings is 1. The van der Waals surface area contributed by atoms with Crippen molar-refractivity contribution >= 4 is 33.1 Å². The Morgan fingerprint density at radius 3 is 2.80 bits per heavy atom. The standard InChI is InChI=1S/C15H18N2O2S/c1-17-12-8-7-11(9-13(12)20-15(17)19)16-14(18)10-5-3-2-4-6-10/h7-10H,2-6H2,1H3,(H,16,18). The number of hydrogen-bond donors (Lipinski definition) is 1. The highest BCUT2D eigenvalue weighted by Gasteiger charge is 2.21. The highest BCUT2D eigenvalue weighted by Crippen LogP contribution is 2.26. The molecule has 1 amide bonds. The highest BCUT2D eigenvalue weighted by atomic mass is 32.1. The molecule has 1 aliphatic rings. The van der Waals surface area contributed by atoms with Crippen LogP contribution in [0.15, 0.2) is 23.0 Å². The van der Waals surface area contributed by atoms with E-state index in [1.807, 2.05) is 18.2 Å². The minimum Gasteiger partial charge on any atom is -0.326 e. The molecule has 0 saturated heterocycles. The van der Waals surface area contributed by atoms with E-state index in [1.54, 1.807) is 11.6 Å². The van der Waals surface area contributed by atoms with Crippen LogP contribution in [0.25, 0.3) is 10.2 Å². The number of aromatic nitrogens is 1. The summed E-state index contributed by atoms with van der Waals surface area (Å²) in [6.45, 7) is 0. The molecule has 3 rings (SSSR count). The molecule has 0 unspecified atom stereocenters. The van der Waals surface area contributed by atoms with Gasteiger partial charge < -0.3 is 9.88 Å². The molecule has 20 heavy (non-hydrogen) atoms. The number of nitrogens with one attached hydrogen (secondary N) is 1. The summed E-state index contributed by atoms with van der Waals surface area (Å²) in [7, 11) is 1.77. The van der Waals surface area contributed by atoms with Crippen LogP contribution < -0.4 is 10.2 Å². The van der Waals surface area contributed by atoms with E-state index in [2.05, 4.69) is 5.32 Å². The predicted molar refractivity (Wildman–Crippen MR) is 82.3 cm³/mol. The first-order valence-corrected chi connectivity index (χ1v) is 7.87. The number of thiazole rings is 1. The summed E-state index contributed by atoms with van der Waals surface area (Å²) in [6.07, 6.45) is 5.53. The highest BCUT2D eigenvalue weighted by molar-refractivity contribution is 7.16. The number of amides is 1. The Bertz CT molecular complexity index is 695. The second-order valence-corrected chi connectivity index (χ2v) is 6.43. The van der Waals surface area contributed by atoms with Crippen LogP contribution in [-0.2, 0) is 11.8 Å². The summed E-state index contributed by atoms with van der Waals surface area (Å²) in [5.74, 6) is 0.265. The van der Waals surface area contributed by atoms with E-state index < -0.39 is 0 Å². The first-order valence-electron chi connectivity index (χ1n) is 7.05. The zero-order valence-electron chi connectivity index (χ0n) is 11.5. The lowest BCUT2D eigenvalue weighted by atomic mass is 9.88. The Morgan fingerprint density at radius 2 is 2.05 bits per heavy atom. The van der Waals surface area contributed by atoms with E-state index in [-0.39, 0.29) is 16.7 Å². The van der Waals surface area contributed by atoms with E-state index in [4.69, 9.17) is 0 Å². The summed E-state index contributed by atoms with van der Waals surface area (Å²) in [5, 5.41) is 2.99. The van der Waals surface area contributed by atoms with Crippen molar-refractivity contribution in [3.8, 4) is 0 Å². The van der Waals surface area contributed by atoms with Crippen LogP contribution in [0.4, 0.5) is 5.69 Å². The molecular formula is C15H18N2O2S. The number of carbonyl (C=O) groups excluding carboxylic acids is 1. The van der Waals surface area contributed by atoms with Gasteiger partial charge in [0.2, 0.25) is 5.91 Å². The number of carbonyl (C=O) groups is 1. The van der Waals surface area contributed by atoms with Crippen molar-refractivity contribution in [1.82, 2.24) is 4.57 Å². The third kappa shape index (κ3) is 2.50. The molecule has 1 fully saturated rings. The molecule has 0 spiro atoms. The van der Waals surface area contributed by atoms with Crippen LogP contribution in [0.2, 0.25) is 0 Å². The van der Waals surface area contributed by atoms with Crippen LogP contribution in [-0.4, -0.2) is 10.5 Å². The van der Waals surface area contributed by atoms with Crippen LogP contribution in [0, 0.1) is 5.92 Å². The van der Waals surface area contributed by atoms with Crippen molar-refractivity contribution in [2.75, 3.05) is 5.32 Å². The van der Waals surface area contributed by atoms with Gasteiger partial charge in [-0.1, -0.05) is 30.6 Å². The van der Waals surface area contributed by atoms with Crippen LogP contribution in [0.3, 0.4) is 0 Å². The minimum atomic E-state index is 0.0238. The molecule has 0 aliphatic heterocycles. The lowest BCUT2D eigenvalue weighted by Crippen LogP contribution is -2.24. The Hall–Kier alpha value is -1.62. The lowest BCUT2D eigenvalue weighted by molar-refractivity contribution is -0.120. The van der Waals surface area contributed by atoms with Crippen molar-refractivity contribution in [2.24, 2.45) is 13.0 Å². The van der Waals surface area contributed by atoms with Gasteiger partial charge in [0.25, 0.3) is 0 Å². The Labute approximate surface area is 121 Å². The van der Waals surface area contributed by atoms with E-state index in [0.717, 1.165) is 41.6 Å². The van der Waals surface area contributed by atoms with Crippen molar-refractivity contribution < 1.29 is 4.79 Å². The van der Waals surface area contributed by atoms with Gasteiger partial charge in [0.1, 0.15) is 0 Å². The van der Waals surface area contributed by atoms with Crippen LogP contribution in [0.1, 0.15) is 32.1 Å². The van der Waals surface area contributed by atoms with Crippen molar-refractivity contribution in [3.05, 3.63) is 27.9 Å². The summed E-state index contributed by atoms with van der Waals surface area (Å²) < 4.78 is 2.55. The van der Waals surface area contributed by atoms with Gasteiger partial charge in [0, 0.05) is 18.7 Å². The SMILES string of the molecule is Cn1c(=O)sc2cc(NC(=O)C3CCCCC3)ccc21. The molecule has 0 atom stereocenters. The molecule has 5 heteroatoms. The monoisotopic (exact) mass is 290 g/mol. The summed E-state index contributed by atoms with van der Waals surface area (Å²) in [4.78, 5) is 23.8. The van der Waals surface area contributed by atoms with Crippen molar-refractivity contribution in [1.29, 1.82) is 0 Å². The second kappa shape index (κ2) is 5.40. The van der Waals surface area contributed by atoms with Gasteiger partial charge in [0.15, 0.2) is 0 Å². The molecule has 106 valence electrons. The van der Waals surface area contributed by atoms with Gasteiger partial charge in [0.05, 0.1) is 10.2 Å². The molecule has 4 nitrogen and oxygen atoms in total. The van der Waals surface area contributed by atoms with Crippen molar-refractivity contribution in [2.45, 2.75) is 32.1 Å². The minimum absolute atomic E-state index is 0.0238. The molecule has 2 aromatic rings. The molecule has 1 aliphatic carbocycles. The van der Waals surface area contributed by atoms with E-state index in [1.165, 1.54) is 17.8 Å². The number of rotatable bonds is 2. The largest absolute Gasteiger partial charge is 0.326 e. The van der Waals surface area contributed by atoms with Crippen LogP contribution >= 0.6 is 11.3 Å². The predicted octanol–water partition coefficient (Wildman–Crippen LogP) is 3.12. The molecule has 1 N–H and O–H groups in total. The van der Waals surface area contributed by atoms with Crippen molar-refractivity contribution in [3.63, 3.8) is 0 Å². The number of anilines is 1. The smallest absolute Gasteiger partial charge is 0.307 e. The Kier molecular flexibility index (Phi) is 3.61. The van der Waals surface area contributed by atoms with Crippen LogP contribution in [0.5, 0.6) is 0 Å². The molecule has 0 radical (unpaired) electrons. The number of nitrogens with zero attached hydrogens (tertiary/aromatic N) is 1. The average Bonchev–Trinajstić information content (AvgIpc) is 2.74. The second-order valence-electron chi connectivity index (χ2n) is 5.43. The first kappa shape index (κ1) is 13.4. The molecule has 1 saturated carbocycles. The Morgan fingerprint density at radius 1 is 1.30 bits per heavy atom. The van der Waals surface area contributed by atoms with Gasteiger partial charge in [-0.25, -0.2) is 0 Å². The Balaban J connectivity index is 1.80. The van der Waals surface area contributed by atoms with Gasteiger partial charge in [-0.15, -0.1) is 0 Å². The quantitative estimate of drug-likeness (QED) is 0.924. The fourth-order valence-electron chi connectivity index (χ4n) is 2.82.